The minimum Gasteiger partial charge on any atom is -0.369 e. The Balaban J connectivity index is 2.58. The number of carbonyl (C=O) groups excluding carboxylic acids is 1. The molecule has 3 heteroatoms. The normalized spacial score (nSPS) is 26.4. The SMILES string of the molecule is CC(C)C1COCC(=O)N1C. The van der Waals surface area contributed by atoms with E-state index in [0.29, 0.717) is 12.5 Å². The van der Waals surface area contributed by atoms with Crippen molar-refractivity contribution in [2.75, 3.05) is 20.3 Å². The van der Waals surface area contributed by atoms with Gasteiger partial charge in [0.2, 0.25) is 5.91 Å². The van der Waals surface area contributed by atoms with Crippen LogP contribution in [0.1, 0.15) is 13.8 Å². The van der Waals surface area contributed by atoms with Crippen LogP contribution in [-0.2, 0) is 9.53 Å². The van der Waals surface area contributed by atoms with Gasteiger partial charge in [0.25, 0.3) is 0 Å². The van der Waals surface area contributed by atoms with E-state index in [0.717, 1.165) is 0 Å². The summed E-state index contributed by atoms with van der Waals surface area (Å²) < 4.78 is 5.13. The Morgan fingerprint density at radius 1 is 1.64 bits per heavy atom. The molecule has 1 amide bonds. The maximum Gasteiger partial charge on any atom is 0.248 e. The highest BCUT2D eigenvalue weighted by molar-refractivity contribution is 5.78. The van der Waals surface area contributed by atoms with Crippen molar-refractivity contribution in [3.63, 3.8) is 0 Å². The second-order valence-corrected chi connectivity index (χ2v) is 3.33. The maximum atomic E-state index is 11.1. The Morgan fingerprint density at radius 2 is 2.27 bits per heavy atom. The van der Waals surface area contributed by atoms with Crippen molar-refractivity contribution < 1.29 is 9.53 Å². The van der Waals surface area contributed by atoms with Crippen molar-refractivity contribution >= 4 is 5.91 Å². The molecule has 0 aliphatic carbocycles. The topological polar surface area (TPSA) is 29.5 Å². The number of ether oxygens (including phenoxy) is 1. The third-order valence-electron chi connectivity index (χ3n) is 2.17. The summed E-state index contributed by atoms with van der Waals surface area (Å²) in [5.74, 6) is 0.569. The van der Waals surface area contributed by atoms with Crippen molar-refractivity contribution in [3.8, 4) is 0 Å². The second-order valence-electron chi connectivity index (χ2n) is 3.33. The highest BCUT2D eigenvalue weighted by Crippen LogP contribution is 2.13. The number of amides is 1. The number of rotatable bonds is 1. The third kappa shape index (κ3) is 1.71. The van der Waals surface area contributed by atoms with Crippen LogP contribution in [-0.4, -0.2) is 37.1 Å². The Hall–Kier alpha value is -0.570. The molecule has 1 unspecified atom stereocenters. The zero-order valence-electron chi connectivity index (χ0n) is 7.33. The van der Waals surface area contributed by atoms with Gasteiger partial charge in [-0.2, -0.15) is 0 Å². The Kier molecular flexibility index (Phi) is 2.49. The molecule has 0 aromatic heterocycles. The smallest absolute Gasteiger partial charge is 0.248 e. The molecule has 11 heavy (non-hydrogen) atoms. The summed E-state index contributed by atoms with van der Waals surface area (Å²) in [4.78, 5) is 12.9. The molecular formula is C8H15NO2. The lowest BCUT2D eigenvalue weighted by atomic mass is 10.0. The molecule has 0 aromatic carbocycles. The molecule has 1 aliphatic rings. The van der Waals surface area contributed by atoms with Crippen LogP contribution in [0.3, 0.4) is 0 Å². The molecule has 0 radical (unpaired) electrons. The summed E-state index contributed by atoms with van der Waals surface area (Å²) in [6.07, 6.45) is 0. The van der Waals surface area contributed by atoms with Crippen molar-refractivity contribution in [2.24, 2.45) is 5.92 Å². The lowest BCUT2D eigenvalue weighted by Crippen LogP contribution is -2.49. The second kappa shape index (κ2) is 3.22. The predicted molar refractivity (Wildman–Crippen MR) is 42.2 cm³/mol. The molecule has 1 atom stereocenters. The number of hydrogen-bond donors (Lipinski definition) is 0. The van der Waals surface area contributed by atoms with Gasteiger partial charge in [0.05, 0.1) is 12.6 Å². The zero-order chi connectivity index (χ0) is 8.43. The number of likely N-dealkylation sites (N-methyl/N-ethyl adjacent to an activating group) is 1. The number of nitrogens with zero attached hydrogens (tertiary/aromatic N) is 1. The maximum absolute atomic E-state index is 11.1. The summed E-state index contributed by atoms with van der Waals surface area (Å²) in [6.45, 7) is 5.13. The summed E-state index contributed by atoms with van der Waals surface area (Å²) in [6, 6.07) is 0.260. The summed E-state index contributed by atoms with van der Waals surface area (Å²) in [5.41, 5.74) is 0. The van der Waals surface area contributed by atoms with Crippen LogP contribution in [0, 0.1) is 5.92 Å². The fourth-order valence-electron chi connectivity index (χ4n) is 1.31. The van der Waals surface area contributed by atoms with Gasteiger partial charge in [0.1, 0.15) is 6.61 Å². The summed E-state index contributed by atoms with van der Waals surface area (Å²) >= 11 is 0. The first-order valence-electron chi connectivity index (χ1n) is 3.96. The minimum absolute atomic E-state index is 0.0925. The first-order chi connectivity index (χ1) is 5.13. The van der Waals surface area contributed by atoms with Crippen molar-refractivity contribution in [2.45, 2.75) is 19.9 Å². The lowest BCUT2D eigenvalue weighted by molar-refractivity contribution is -0.147. The van der Waals surface area contributed by atoms with E-state index in [4.69, 9.17) is 4.74 Å². The van der Waals surface area contributed by atoms with Crippen LogP contribution < -0.4 is 0 Å². The Labute approximate surface area is 67.3 Å². The molecule has 1 aliphatic heterocycles. The van der Waals surface area contributed by atoms with E-state index >= 15 is 0 Å². The van der Waals surface area contributed by atoms with E-state index in [-0.39, 0.29) is 18.6 Å². The molecule has 1 heterocycles. The highest BCUT2D eigenvalue weighted by atomic mass is 16.5. The van der Waals surface area contributed by atoms with E-state index in [1.54, 1.807) is 4.90 Å². The number of carbonyl (C=O) groups is 1. The van der Waals surface area contributed by atoms with E-state index in [1.807, 2.05) is 7.05 Å². The average molecular weight is 157 g/mol. The lowest BCUT2D eigenvalue weighted by Gasteiger charge is -2.34. The molecule has 1 fully saturated rings. The summed E-state index contributed by atoms with van der Waals surface area (Å²) in [7, 11) is 1.84. The Morgan fingerprint density at radius 3 is 2.73 bits per heavy atom. The monoisotopic (exact) mass is 157 g/mol. The molecule has 0 aromatic rings. The average Bonchev–Trinajstić information content (AvgIpc) is 1.94. The molecule has 0 spiro atoms. The van der Waals surface area contributed by atoms with E-state index in [2.05, 4.69) is 13.8 Å². The van der Waals surface area contributed by atoms with Gasteiger partial charge in [-0.05, 0) is 5.92 Å². The van der Waals surface area contributed by atoms with Crippen LogP contribution in [0.2, 0.25) is 0 Å². The van der Waals surface area contributed by atoms with Crippen LogP contribution >= 0.6 is 0 Å². The van der Waals surface area contributed by atoms with Gasteiger partial charge in [-0.3, -0.25) is 4.79 Å². The van der Waals surface area contributed by atoms with Gasteiger partial charge in [-0.25, -0.2) is 0 Å². The molecule has 0 bridgehead atoms. The van der Waals surface area contributed by atoms with Crippen LogP contribution in [0.25, 0.3) is 0 Å². The largest absolute Gasteiger partial charge is 0.369 e. The van der Waals surface area contributed by atoms with Crippen molar-refractivity contribution in [1.82, 2.24) is 4.90 Å². The molecule has 1 rings (SSSR count). The van der Waals surface area contributed by atoms with E-state index in [9.17, 15) is 4.79 Å². The third-order valence-corrected chi connectivity index (χ3v) is 2.17. The first kappa shape index (κ1) is 8.53. The van der Waals surface area contributed by atoms with Gasteiger partial charge in [0.15, 0.2) is 0 Å². The van der Waals surface area contributed by atoms with Gasteiger partial charge in [-0.1, -0.05) is 13.8 Å². The molecule has 0 saturated carbocycles. The van der Waals surface area contributed by atoms with Gasteiger partial charge in [0, 0.05) is 7.05 Å². The predicted octanol–water partition coefficient (Wildman–Crippen LogP) is 0.500. The summed E-state index contributed by atoms with van der Waals surface area (Å²) in [5, 5.41) is 0. The quantitative estimate of drug-likeness (QED) is 0.554. The molecular weight excluding hydrogens is 142 g/mol. The van der Waals surface area contributed by atoms with Crippen LogP contribution in [0.4, 0.5) is 0 Å². The Bertz CT molecular complexity index is 156. The van der Waals surface area contributed by atoms with Crippen molar-refractivity contribution in [3.05, 3.63) is 0 Å². The molecule has 0 N–H and O–H groups in total. The van der Waals surface area contributed by atoms with E-state index in [1.165, 1.54) is 0 Å². The highest BCUT2D eigenvalue weighted by Gasteiger charge is 2.27. The van der Waals surface area contributed by atoms with Crippen molar-refractivity contribution in [1.29, 1.82) is 0 Å². The number of hydrogen-bond acceptors (Lipinski definition) is 2. The zero-order valence-corrected chi connectivity index (χ0v) is 7.33. The van der Waals surface area contributed by atoms with Crippen LogP contribution in [0.15, 0.2) is 0 Å². The fourth-order valence-corrected chi connectivity index (χ4v) is 1.31. The molecule has 1 saturated heterocycles. The van der Waals surface area contributed by atoms with Gasteiger partial charge >= 0.3 is 0 Å². The molecule has 3 nitrogen and oxygen atoms in total. The first-order valence-corrected chi connectivity index (χ1v) is 3.96. The molecule has 64 valence electrons. The van der Waals surface area contributed by atoms with Crippen LogP contribution in [0.5, 0.6) is 0 Å². The minimum atomic E-state index is 0.0925. The number of morpholine rings is 1. The standard InChI is InChI=1S/C8H15NO2/c1-6(2)7-4-11-5-8(10)9(7)3/h6-7H,4-5H2,1-3H3. The van der Waals surface area contributed by atoms with Gasteiger partial charge < -0.3 is 9.64 Å². The fraction of sp³-hybridized carbons (Fsp3) is 0.875. The van der Waals surface area contributed by atoms with E-state index < -0.39 is 0 Å². The van der Waals surface area contributed by atoms with Gasteiger partial charge in [-0.15, -0.1) is 0 Å².